The Kier molecular flexibility index (Phi) is 4.54. The van der Waals surface area contributed by atoms with Gasteiger partial charge in [-0.1, -0.05) is 0 Å². The number of hydrogen-bond donors (Lipinski definition) is 0. The molecule has 0 aromatic heterocycles. The Labute approximate surface area is 121 Å². The zero-order valence-corrected chi connectivity index (χ0v) is 11.3. The van der Waals surface area contributed by atoms with Crippen LogP contribution in [0.1, 0.15) is 5.56 Å². The number of benzene rings is 1. The highest BCUT2D eigenvalue weighted by atomic mass is 35.7. The molecule has 0 radical (unpaired) electrons. The predicted octanol–water partition coefficient (Wildman–Crippen LogP) is 3.44. The third kappa shape index (κ3) is 4.37. The first-order chi connectivity index (χ1) is 9.63. The standard InChI is InChI=1S/C8H2ClF6NO5S/c9-22(19,20)6-2-4(16(17)18)3(7(10,11)12)1-5(6)21-8(13,14)15/h1-2H. The van der Waals surface area contributed by atoms with Crippen molar-refractivity contribution in [1.82, 2.24) is 0 Å². The Morgan fingerprint density at radius 1 is 1.14 bits per heavy atom. The summed E-state index contributed by atoms with van der Waals surface area (Å²) in [5.74, 6) is -1.83. The van der Waals surface area contributed by atoms with Crippen molar-refractivity contribution in [3.63, 3.8) is 0 Å². The second-order valence-electron chi connectivity index (χ2n) is 3.56. The van der Waals surface area contributed by atoms with Gasteiger partial charge in [-0.15, -0.1) is 13.2 Å². The Morgan fingerprint density at radius 3 is 1.95 bits per heavy atom. The lowest BCUT2D eigenvalue weighted by molar-refractivity contribution is -0.388. The molecule has 0 N–H and O–H groups in total. The van der Waals surface area contributed by atoms with Gasteiger partial charge in [-0.3, -0.25) is 10.1 Å². The molecule has 1 aromatic rings. The first kappa shape index (κ1) is 18.3. The third-order valence-corrected chi connectivity index (χ3v) is 3.40. The van der Waals surface area contributed by atoms with Gasteiger partial charge in [-0.2, -0.15) is 13.2 Å². The van der Waals surface area contributed by atoms with E-state index in [-0.39, 0.29) is 6.07 Å². The summed E-state index contributed by atoms with van der Waals surface area (Å²) in [5, 5.41) is 10.5. The van der Waals surface area contributed by atoms with E-state index >= 15 is 0 Å². The largest absolute Gasteiger partial charge is 0.573 e. The van der Waals surface area contributed by atoms with Gasteiger partial charge in [0.05, 0.1) is 4.92 Å². The Morgan fingerprint density at radius 2 is 1.64 bits per heavy atom. The van der Waals surface area contributed by atoms with E-state index in [1.54, 1.807) is 0 Å². The van der Waals surface area contributed by atoms with Gasteiger partial charge < -0.3 is 4.74 Å². The SMILES string of the molecule is O=[N+]([O-])c1cc(S(=O)(=O)Cl)c(OC(F)(F)F)cc1C(F)(F)F. The van der Waals surface area contributed by atoms with Crippen molar-refractivity contribution in [3.8, 4) is 5.75 Å². The van der Waals surface area contributed by atoms with E-state index in [4.69, 9.17) is 10.7 Å². The molecule has 6 nitrogen and oxygen atoms in total. The summed E-state index contributed by atoms with van der Waals surface area (Å²) in [6, 6.07) is -0.715. The van der Waals surface area contributed by atoms with Crippen LogP contribution in [0.5, 0.6) is 5.75 Å². The minimum Gasteiger partial charge on any atom is -0.404 e. The monoisotopic (exact) mass is 373 g/mol. The zero-order valence-electron chi connectivity index (χ0n) is 9.70. The van der Waals surface area contributed by atoms with Gasteiger partial charge in [-0.05, 0) is 0 Å². The predicted molar refractivity (Wildman–Crippen MR) is 57.8 cm³/mol. The molecule has 0 heterocycles. The highest BCUT2D eigenvalue weighted by Crippen LogP contribution is 2.43. The topological polar surface area (TPSA) is 86.5 Å². The normalized spacial score (nSPS) is 13.0. The first-order valence-corrected chi connectivity index (χ1v) is 7.04. The van der Waals surface area contributed by atoms with Crippen LogP contribution < -0.4 is 4.74 Å². The summed E-state index contributed by atoms with van der Waals surface area (Å²) in [6.07, 6.45) is -11.0. The van der Waals surface area contributed by atoms with Crippen molar-refractivity contribution in [2.45, 2.75) is 17.4 Å². The molecule has 0 spiro atoms. The van der Waals surface area contributed by atoms with E-state index < -0.39 is 54.5 Å². The van der Waals surface area contributed by atoms with Gasteiger partial charge >= 0.3 is 12.5 Å². The second kappa shape index (κ2) is 5.46. The summed E-state index contributed by atoms with van der Waals surface area (Å²) < 4.78 is 99.6. The molecule has 1 rings (SSSR count). The summed E-state index contributed by atoms with van der Waals surface area (Å²) in [6.45, 7) is 0. The van der Waals surface area contributed by atoms with E-state index in [2.05, 4.69) is 4.74 Å². The van der Waals surface area contributed by atoms with Crippen LogP contribution in [0.4, 0.5) is 32.0 Å². The van der Waals surface area contributed by atoms with E-state index in [0.717, 1.165) is 0 Å². The van der Waals surface area contributed by atoms with Crippen LogP contribution in [-0.2, 0) is 15.2 Å². The maximum absolute atomic E-state index is 12.6. The molecule has 0 fully saturated rings. The molecular weight excluding hydrogens is 372 g/mol. The van der Waals surface area contributed by atoms with Crippen molar-refractivity contribution in [2.75, 3.05) is 0 Å². The lowest BCUT2D eigenvalue weighted by Crippen LogP contribution is -2.20. The molecule has 124 valence electrons. The van der Waals surface area contributed by atoms with Crippen molar-refractivity contribution < 1.29 is 44.4 Å². The van der Waals surface area contributed by atoms with Gasteiger partial charge in [0.15, 0.2) is 5.75 Å². The molecule has 0 atom stereocenters. The molecular formula is C8H2ClF6NO5S. The maximum Gasteiger partial charge on any atom is 0.573 e. The highest BCUT2D eigenvalue weighted by Gasteiger charge is 2.42. The minimum absolute atomic E-state index is 0.258. The Balaban J connectivity index is 3.78. The van der Waals surface area contributed by atoms with Crippen molar-refractivity contribution in [3.05, 3.63) is 27.8 Å². The molecule has 0 saturated carbocycles. The summed E-state index contributed by atoms with van der Waals surface area (Å²) in [4.78, 5) is 7.31. The van der Waals surface area contributed by atoms with E-state index in [0.29, 0.717) is 0 Å². The fourth-order valence-corrected chi connectivity index (χ4v) is 2.28. The van der Waals surface area contributed by atoms with Gasteiger partial charge in [0.2, 0.25) is 0 Å². The number of rotatable bonds is 3. The molecule has 0 aliphatic heterocycles. The van der Waals surface area contributed by atoms with Crippen LogP contribution in [0.3, 0.4) is 0 Å². The van der Waals surface area contributed by atoms with Crippen LogP contribution in [0.15, 0.2) is 17.0 Å². The van der Waals surface area contributed by atoms with Gasteiger partial charge in [0.1, 0.15) is 10.5 Å². The molecule has 0 bridgehead atoms. The Bertz CT molecular complexity index is 713. The van der Waals surface area contributed by atoms with E-state index in [1.165, 1.54) is 0 Å². The summed E-state index contributed by atoms with van der Waals surface area (Å²) in [7, 11) is -0.292. The fourth-order valence-electron chi connectivity index (χ4n) is 1.32. The Hall–Kier alpha value is -1.76. The fraction of sp³-hybridized carbons (Fsp3) is 0.250. The first-order valence-electron chi connectivity index (χ1n) is 4.73. The van der Waals surface area contributed by atoms with Crippen LogP contribution in [0.2, 0.25) is 0 Å². The van der Waals surface area contributed by atoms with Crippen LogP contribution in [0, 0.1) is 10.1 Å². The number of hydrogen-bond acceptors (Lipinski definition) is 5. The molecule has 0 aliphatic carbocycles. The molecule has 22 heavy (non-hydrogen) atoms. The molecule has 1 aromatic carbocycles. The molecule has 14 heteroatoms. The molecule has 0 amide bonds. The van der Waals surface area contributed by atoms with Crippen molar-refractivity contribution in [1.29, 1.82) is 0 Å². The maximum atomic E-state index is 12.6. The number of nitro benzene ring substituents is 1. The quantitative estimate of drug-likeness (QED) is 0.350. The van der Waals surface area contributed by atoms with Crippen LogP contribution in [0.25, 0.3) is 0 Å². The van der Waals surface area contributed by atoms with E-state index in [1.807, 2.05) is 0 Å². The number of halogens is 7. The lowest BCUT2D eigenvalue weighted by atomic mass is 10.1. The van der Waals surface area contributed by atoms with Gasteiger partial charge in [0.25, 0.3) is 14.7 Å². The van der Waals surface area contributed by atoms with Crippen molar-refractivity contribution >= 4 is 25.4 Å². The number of nitrogens with zero attached hydrogens (tertiary/aromatic N) is 1. The van der Waals surface area contributed by atoms with Crippen LogP contribution >= 0.6 is 10.7 Å². The highest BCUT2D eigenvalue weighted by molar-refractivity contribution is 8.13. The summed E-state index contributed by atoms with van der Waals surface area (Å²) in [5.41, 5.74) is -3.91. The average Bonchev–Trinajstić information content (AvgIpc) is 2.22. The van der Waals surface area contributed by atoms with Gasteiger partial charge in [-0.25, -0.2) is 8.42 Å². The smallest absolute Gasteiger partial charge is 0.404 e. The minimum atomic E-state index is -5.55. The van der Waals surface area contributed by atoms with Crippen molar-refractivity contribution in [2.24, 2.45) is 0 Å². The van der Waals surface area contributed by atoms with Crippen LogP contribution in [-0.4, -0.2) is 19.7 Å². The number of alkyl halides is 6. The molecule has 0 saturated heterocycles. The van der Waals surface area contributed by atoms with E-state index in [9.17, 15) is 44.9 Å². The number of nitro groups is 1. The zero-order chi connectivity index (χ0) is 17.5. The second-order valence-corrected chi connectivity index (χ2v) is 6.09. The van der Waals surface area contributed by atoms with Gasteiger partial charge in [0, 0.05) is 22.8 Å². The molecule has 0 aliphatic rings. The molecule has 0 unspecified atom stereocenters. The average molecular weight is 374 g/mol. The third-order valence-electron chi connectivity index (χ3n) is 2.05. The number of ether oxygens (including phenoxy) is 1. The summed E-state index contributed by atoms with van der Waals surface area (Å²) >= 11 is 0. The lowest BCUT2D eigenvalue weighted by Gasteiger charge is -2.14.